The Balaban J connectivity index is 1.48. The molecule has 3 aromatic carbocycles. The number of carbonyl (C=O) groups excluding carboxylic acids is 2. The Hall–Kier alpha value is -3.60. The maximum absolute atomic E-state index is 11.9. The molecule has 136 valence electrons. The first kappa shape index (κ1) is 18.2. The highest BCUT2D eigenvalue weighted by atomic mass is 16.5. The first-order valence-electron chi connectivity index (χ1n) is 8.56. The Morgan fingerprint density at radius 3 is 2.48 bits per heavy atom. The molecule has 0 atom stereocenters. The van der Waals surface area contributed by atoms with E-state index in [-0.39, 0.29) is 6.61 Å². The minimum Gasteiger partial charge on any atom is -0.483 e. The quantitative estimate of drug-likeness (QED) is 0.541. The summed E-state index contributed by atoms with van der Waals surface area (Å²) in [5.41, 5.74) is 6.72. The van der Waals surface area contributed by atoms with Gasteiger partial charge in [-0.2, -0.15) is 0 Å². The van der Waals surface area contributed by atoms with Gasteiger partial charge in [0.1, 0.15) is 5.75 Å². The Morgan fingerprint density at radius 2 is 1.67 bits per heavy atom. The van der Waals surface area contributed by atoms with E-state index in [1.807, 2.05) is 67.6 Å². The normalized spacial score (nSPS) is 10.7. The largest absolute Gasteiger partial charge is 0.483 e. The lowest BCUT2D eigenvalue weighted by Gasteiger charge is -2.09. The molecule has 5 nitrogen and oxygen atoms in total. The van der Waals surface area contributed by atoms with Crippen molar-refractivity contribution >= 4 is 28.7 Å². The molecule has 0 heterocycles. The van der Waals surface area contributed by atoms with Crippen LogP contribution in [0.2, 0.25) is 0 Å². The van der Waals surface area contributed by atoms with E-state index >= 15 is 0 Å². The zero-order chi connectivity index (χ0) is 19.1. The Bertz CT molecular complexity index is 973. The van der Waals surface area contributed by atoms with Crippen LogP contribution in [0.25, 0.3) is 16.8 Å². The molecule has 2 N–H and O–H groups in total. The Morgan fingerprint density at radius 1 is 0.926 bits per heavy atom. The molecule has 0 aliphatic heterocycles. The predicted molar refractivity (Wildman–Crippen MR) is 106 cm³/mol. The van der Waals surface area contributed by atoms with Gasteiger partial charge in [-0.1, -0.05) is 66.2 Å². The van der Waals surface area contributed by atoms with Crippen molar-refractivity contribution in [1.29, 1.82) is 0 Å². The molecule has 0 unspecified atom stereocenters. The molecule has 0 radical (unpaired) electrons. The highest BCUT2D eigenvalue weighted by Crippen LogP contribution is 2.24. The van der Waals surface area contributed by atoms with Crippen molar-refractivity contribution in [3.8, 4) is 5.75 Å². The zero-order valence-electron chi connectivity index (χ0n) is 14.9. The fourth-order valence-corrected chi connectivity index (χ4v) is 2.52. The summed E-state index contributed by atoms with van der Waals surface area (Å²) in [6.07, 6.45) is 3.03. The first-order valence-corrected chi connectivity index (χ1v) is 8.56. The summed E-state index contributed by atoms with van der Waals surface area (Å²) in [4.78, 5) is 23.7. The highest BCUT2D eigenvalue weighted by molar-refractivity contribution is 5.93. The van der Waals surface area contributed by atoms with Gasteiger partial charge in [0.15, 0.2) is 6.61 Å². The molecule has 0 spiro atoms. The van der Waals surface area contributed by atoms with Crippen molar-refractivity contribution in [2.24, 2.45) is 0 Å². The van der Waals surface area contributed by atoms with Crippen LogP contribution in [0.5, 0.6) is 5.75 Å². The lowest BCUT2D eigenvalue weighted by Crippen LogP contribution is -2.43. The van der Waals surface area contributed by atoms with E-state index in [2.05, 4.69) is 10.9 Å². The molecular weight excluding hydrogens is 340 g/mol. The van der Waals surface area contributed by atoms with Crippen LogP contribution in [0.4, 0.5) is 0 Å². The topological polar surface area (TPSA) is 67.4 Å². The molecule has 0 fully saturated rings. The standard InChI is InChI=1S/C22H20N2O3/c1-16-9-11-17(12-10-16)13-14-21(25)23-24-22(26)15-27-20-8-4-6-18-5-2-3-7-19(18)20/h2-14H,15H2,1H3,(H,23,25)(H,24,26). The van der Waals surface area contributed by atoms with E-state index in [1.165, 1.54) is 6.08 Å². The van der Waals surface area contributed by atoms with Crippen LogP contribution in [0.15, 0.2) is 72.8 Å². The van der Waals surface area contributed by atoms with Gasteiger partial charge in [0.05, 0.1) is 0 Å². The zero-order valence-corrected chi connectivity index (χ0v) is 14.9. The van der Waals surface area contributed by atoms with Gasteiger partial charge in [-0.05, 0) is 30.0 Å². The third-order valence-electron chi connectivity index (χ3n) is 3.94. The van der Waals surface area contributed by atoms with Crippen LogP contribution in [-0.2, 0) is 9.59 Å². The van der Waals surface area contributed by atoms with Gasteiger partial charge in [0, 0.05) is 11.5 Å². The maximum atomic E-state index is 11.9. The number of hydrogen-bond acceptors (Lipinski definition) is 3. The summed E-state index contributed by atoms with van der Waals surface area (Å²) in [5.74, 6) is -0.247. The van der Waals surface area contributed by atoms with Crippen LogP contribution >= 0.6 is 0 Å². The molecular formula is C22H20N2O3. The molecule has 27 heavy (non-hydrogen) atoms. The molecule has 0 bridgehead atoms. The smallest absolute Gasteiger partial charge is 0.276 e. The average Bonchev–Trinajstić information content (AvgIpc) is 2.70. The summed E-state index contributed by atoms with van der Waals surface area (Å²) in [5, 5.41) is 1.96. The highest BCUT2D eigenvalue weighted by Gasteiger charge is 2.06. The lowest BCUT2D eigenvalue weighted by atomic mass is 10.1. The number of ether oxygens (including phenoxy) is 1. The number of benzene rings is 3. The summed E-state index contributed by atoms with van der Waals surface area (Å²) in [6.45, 7) is 1.80. The monoisotopic (exact) mass is 360 g/mol. The van der Waals surface area contributed by atoms with E-state index in [9.17, 15) is 9.59 Å². The van der Waals surface area contributed by atoms with Gasteiger partial charge in [-0.3, -0.25) is 20.4 Å². The summed E-state index contributed by atoms with van der Waals surface area (Å²) >= 11 is 0. The van der Waals surface area contributed by atoms with E-state index in [0.717, 1.165) is 21.9 Å². The molecule has 0 aromatic heterocycles. The number of nitrogens with one attached hydrogen (secondary N) is 2. The van der Waals surface area contributed by atoms with Crippen molar-refractivity contribution in [2.75, 3.05) is 6.61 Å². The number of carbonyl (C=O) groups is 2. The van der Waals surface area contributed by atoms with Crippen LogP contribution in [0.3, 0.4) is 0 Å². The second-order valence-electron chi connectivity index (χ2n) is 6.05. The van der Waals surface area contributed by atoms with Gasteiger partial charge in [-0.15, -0.1) is 0 Å². The number of amides is 2. The molecule has 3 rings (SSSR count). The molecule has 3 aromatic rings. The van der Waals surface area contributed by atoms with Crippen LogP contribution in [0, 0.1) is 6.92 Å². The third-order valence-corrected chi connectivity index (χ3v) is 3.94. The predicted octanol–water partition coefficient (Wildman–Crippen LogP) is 3.39. The summed E-state index contributed by atoms with van der Waals surface area (Å²) < 4.78 is 5.57. The van der Waals surface area contributed by atoms with Crippen molar-refractivity contribution < 1.29 is 14.3 Å². The lowest BCUT2D eigenvalue weighted by molar-refractivity contribution is -0.128. The van der Waals surface area contributed by atoms with E-state index in [0.29, 0.717) is 5.75 Å². The second kappa shape index (κ2) is 8.67. The number of hydrazine groups is 1. The second-order valence-corrected chi connectivity index (χ2v) is 6.05. The van der Waals surface area contributed by atoms with Crippen LogP contribution in [0.1, 0.15) is 11.1 Å². The maximum Gasteiger partial charge on any atom is 0.276 e. The van der Waals surface area contributed by atoms with Crippen molar-refractivity contribution in [2.45, 2.75) is 6.92 Å². The molecule has 0 saturated carbocycles. The Kier molecular flexibility index (Phi) is 5.84. The molecule has 2 amide bonds. The van der Waals surface area contributed by atoms with Gasteiger partial charge in [-0.25, -0.2) is 0 Å². The third kappa shape index (κ3) is 5.19. The van der Waals surface area contributed by atoms with Gasteiger partial charge in [0.2, 0.25) is 0 Å². The van der Waals surface area contributed by atoms with Gasteiger partial charge >= 0.3 is 0 Å². The van der Waals surface area contributed by atoms with E-state index < -0.39 is 11.8 Å². The molecule has 0 aliphatic carbocycles. The number of hydrogen-bond donors (Lipinski definition) is 2. The minimum atomic E-state index is -0.444. The van der Waals surface area contributed by atoms with E-state index in [1.54, 1.807) is 12.1 Å². The van der Waals surface area contributed by atoms with Crippen molar-refractivity contribution in [1.82, 2.24) is 10.9 Å². The number of rotatable bonds is 5. The number of fused-ring (bicyclic) bond motifs is 1. The minimum absolute atomic E-state index is 0.198. The first-order chi connectivity index (χ1) is 13.1. The molecule has 5 heteroatoms. The summed E-state index contributed by atoms with van der Waals surface area (Å²) in [6, 6.07) is 21.2. The Labute approximate surface area is 157 Å². The summed E-state index contributed by atoms with van der Waals surface area (Å²) in [7, 11) is 0. The fourth-order valence-electron chi connectivity index (χ4n) is 2.52. The van der Waals surface area contributed by atoms with Crippen LogP contribution < -0.4 is 15.6 Å². The van der Waals surface area contributed by atoms with E-state index in [4.69, 9.17) is 4.74 Å². The van der Waals surface area contributed by atoms with Gasteiger partial charge in [0.25, 0.3) is 11.8 Å². The molecule has 0 aliphatic rings. The SMILES string of the molecule is Cc1ccc(C=CC(=O)NNC(=O)COc2cccc3ccccc23)cc1. The van der Waals surface area contributed by atoms with Crippen molar-refractivity contribution in [3.63, 3.8) is 0 Å². The fraction of sp³-hybridized carbons (Fsp3) is 0.0909. The molecule has 0 saturated heterocycles. The van der Waals surface area contributed by atoms with Crippen molar-refractivity contribution in [3.05, 3.63) is 83.9 Å². The van der Waals surface area contributed by atoms with Crippen LogP contribution in [-0.4, -0.2) is 18.4 Å². The number of aryl methyl sites for hydroxylation is 1. The van der Waals surface area contributed by atoms with Gasteiger partial charge < -0.3 is 4.74 Å². The average molecular weight is 360 g/mol.